The number of halogens is 1. The molecule has 4 aromatic rings. The van der Waals surface area contributed by atoms with Crippen molar-refractivity contribution >= 4 is 71.5 Å². The average Bonchev–Trinajstić information content (AvgIpc) is 3.49. The third kappa shape index (κ3) is 6.99. The van der Waals surface area contributed by atoms with E-state index in [4.69, 9.17) is 9.72 Å². The Morgan fingerprint density at radius 1 is 0.935 bits per heavy atom. The molecule has 5 heterocycles. The maximum Gasteiger partial charge on any atom is 0.229 e. The molecule has 2 aromatic carbocycles. The molecular formula is C32H38BrN9O3S. The summed E-state index contributed by atoms with van der Waals surface area (Å²) in [5.41, 5.74) is 3.66. The predicted octanol–water partition coefficient (Wildman–Crippen LogP) is 4.80. The molecule has 0 bridgehead atoms. The van der Waals surface area contributed by atoms with Crippen LogP contribution in [0.15, 0.2) is 53.1 Å². The number of pyridine rings is 1. The van der Waals surface area contributed by atoms with Crippen LogP contribution in [0.3, 0.4) is 0 Å². The van der Waals surface area contributed by atoms with Gasteiger partial charge in [0.15, 0.2) is 0 Å². The van der Waals surface area contributed by atoms with Crippen molar-refractivity contribution in [1.29, 1.82) is 0 Å². The van der Waals surface area contributed by atoms with Crippen LogP contribution in [-0.4, -0.2) is 98.4 Å². The molecule has 7 rings (SSSR count). The van der Waals surface area contributed by atoms with E-state index in [1.54, 1.807) is 18.3 Å². The Balaban J connectivity index is 1.04. The molecule has 46 heavy (non-hydrogen) atoms. The number of hydrogen-bond donors (Lipinski definition) is 3. The first-order valence-corrected chi connectivity index (χ1v) is 18.3. The Hall–Kier alpha value is -3.72. The number of rotatable bonds is 8. The van der Waals surface area contributed by atoms with Crippen LogP contribution in [-0.2, 0) is 16.4 Å². The number of ether oxygens (including phenoxy) is 1. The van der Waals surface area contributed by atoms with Crippen molar-refractivity contribution in [3.8, 4) is 5.75 Å². The zero-order valence-electron chi connectivity index (χ0n) is 26.0. The van der Waals surface area contributed by atoms with Gasteiger partial charge in [-0.1, -0.05) is 0 Å². The van der Waals surface area contributed by atoms with Gasteiger partial charge in [-0.25, -0.2) is 18.4 Å². The molecular weight excluding hydrogens is 670 g/mol. The molecule has 0 saturated carbocycles. The Kier molecular flexibility index (Phi) is 8.61. The minimum atomic E-state index is -3.50. The summed E-state index contributed by atoms with van der Waals surface area (Å²) in [6.07, 6.45) is 5.84. The van der Waals surface area contributed by atoms with Crippen LogP contribution in [0, 0.1) is 0 Å². The van der Waals surface area contributed by atoms with Gasteiger partial charge < -0.3 is 25.2 Å². The van der Waals surface area contributed by atoms with Crippen LogP contribution in [0.1, 0.15) is 18.4 Å². The summed E-state index contributed by atoms with van der Waals surface area (Å²) < 4.78 is 33.1. The van der Waals surface area contributed by atoms with Crippen LogP contribution in [0.2, 0.25) is 0 Å². The molecule has 3 N–H and O–H groups in total. The largest absolute Gasteiger partial charge is 0.493 e. The van der Waals surface area contributed by atoms with E-state index in [-0.39, 0.29) is 0 Å². The maximum atomic E-state index is 12.1. The molecule has 2 saturated heterocycles. The maximum absolute atomic E-state index is 12.1. The Morgan fingerprint density at radius 3 is 2.52 bits per heavy atom. The van der Waals surface area contributed by atoms with Crippen molar-refractivity contribution in [1.82, 2.24) is 24.8 Å². The molecule has 0 aliphatic carbocycles. The van der Waals surface area contributed by atoms with Gasteiger partial charge in [-0.2, -0.15) is 4.98 Å². The molecule has 0 amide bonds. The summed E-state index contributed by atoms with van der Waals surface area (Å²) in [6.45, 7) is 7.26. The van der Waals surface area contributed by atoms with E-state index in [0.29, 0.717) is 46.0 Å². The first kappa shape index (κ1) is 30.9. The highest BCUT2D eigenvalue weighted by atomic mass is 79.9. The lowest BCUT2D eigenvalue weighted by Crippen LogP contribution is -2.52. The van der Waals surface area contributed by atoms with Crippen LogP contribution < -0.4 is 25.0 Å². The summed E-state index contributed by atoms with van der Waals surface area (Å²) >= 11 is 3.52. The van der Waals surface area contributed by atoms with Gasteiger partial charge >= 0.3 is 0 Å². The molecule has 12 nitrogen and oxygen atoms in total. The highest BCUT2D eigenvalue weighted by molar-refractivity contribution is 9.10. The van der Waals surface area contributed by atoms with Gasteiger partial charge in [0.25, 0.3) is 0 Å². The molecule has 0 atom stereocenters. The van der Waals surface area contributed by atoms with Gasteiger partial charge in [0.1, 0.15) is 17.4 Å². The molecule has 14 heteroatoms. The van der Waals surface area contributed by atoms with Crippen molar-refractivity contribution in [3.63, 3.8) is 0 Å². The lowest BCUT2D eigenvalue weighted by atomic mass is 10.0. The minimum Gasteiger partial charge on any atom is -0.493 e. The number of fused-ring (bicyclic) bond motifs is 2. The van der Waals surface area contributed by atoms with Gasteiger partial charge in [-0.15, -0.1) is 0 Å². The molecule has 0 unspecified atom stereocenters. The average molecular weight is 709 g/mol. The third-order valence-corrected chi connectivity index (χ3v) is 10.1. The lowest BCUT2D eigenvalue weighted by molar-refractivity contribution is 0.0981. The molecule has 3 aliphatic heterocycles. The molecule has 0 spiro atoms. The zero-order valence-corrected chi connectivity index (χ0v) is 28.4. The minimum absolute atomic E-state index is 0.382. The fraction of sp³-hybridized carbons (Fsp3) is 0.406. The number of aromatic nitrogens is 3. The number of nitrogens with one attached hydrogen (secondary N) is 3. The first-order chi connectivity index (χ1) is 22.2. The fourth-order valence-corrected chi connectivity index (χ4v) is 7.26. The van der Waals surface area contributed by atoms with Crippen molar-refractivity contribution < 1.29 is 13.2 Å². The molecule has 242 valence electrons. The smallest absolute Gasteiger partial charge is 0.229 e. The Morgan fingerprint density at radius 2 is 1.74 bits per heavy atom. The highest BCUT2D eigenvalue weighted by Gasteiger charge is 2.27. The predicted molar refractivity (Wildman–Crippen MR) is 186 cm³/mol. The number of sulfonamides is 1. The Bertz CT molecular complexity index is 1860. The number of benzene rings is 2. The third-order valence-electron chi connectivity index (χ3n) is 8.90. The van der Waals surface area contributed by atoms with Crippen molar-refractivity contribution in [2.75, 3.05) is 79.4 Å². The van der Waals surface area contributed by atoms with Crippen LogP contribution in [0.4, 0.5) is 34.6 Å². The van der Waals surface area contributed by atoms with Gasteiger partial charge in [-0.05, 0) is 77.8 Å². The van der Waals surface area contributed by atoms with Crippen LogP contribution >= 0.6 is 15.9 Å². The molecule has 0 radical (unpaired) electrons. The second kappa shape index (κ2) is 12.8. The van der Waals surface area contributed by atoms with Crippen LogP contribution in [0.25, 0.3) is 10.9 Å². The summed E-state index contributed by atoms with van der Waals surface area (Å²) in [5.74, 6) is 2.59. The van der Waals surface area contributed by atoms with Crippen molar-refractivity contribution in [2.45, 2.75) is 25.3 Å². The topological polar surface area (TPSA) is 128 Å². The number of nitrogens with zero attached hydrogens (tertiary/aromatic N) is 6. The highest BCUT2D eigenvalue weighted by Crippen LogP contribution is 2.38. The van der Waals surface area contributed by atoms with Crippen molar-refractivity contribution in [3.05, 3.63) is 58.7 Å². The molecule has 2 aromatic heterocycles. The van der Waals surface area contributed by atoms with Crippen molar-refractivity contribution in [2.24, 2.45) is 0 Å². The SMILES string of the molecule is CN1CCN(C2CCN(c3ccc4cc(Nc5ncc(Br)c(Nc6cc7c(cc6NS(C)(=O)=O)CCO7)n5)ccc4n3)CC2)CC1. The van der Waals surface area contributed by atoms with E-state index in [2.05, 4.69) is 75.1 Å². The number of piperidine rings is 1. The van der Waals surface area contributed by atoms with Gasteiger partial charge in [0, 0.05) is 75.1 Å². The van der Waals surface area contributed by atoms with Gasteiger partial charge in [0.05, 0.1) is 34.2 Å². The number of piperazine rings is 1. The second-order valence-electron chi connectivity index (χ2n) is 12.3. The quantitative estimate of drug-likeness (QED) is 0.234. The monoisotopic (exact) mass is 707 g/mol. The lowest BCUT2D eigenvalue weighted by Gasteiger charge is -2.42. The Labute approximate surface area is 277 Å². The number of hydrogen-bond acceptors (Lipinski definition) is 11. The van der Waals surface area contributed by atoms with Gasteiger partial charge in [-0.3, -0.25) is 9.62 Å². The summed E-state index contributed by atoms with van der Waals surface area (Å²) in [7, 11) is -1.29. The molecule has 2 fully saturated rings. The standard InChI is InChI=1S/C32H38BrN9O3S/c1-40-12-14-41(15-13-40)24-7-10-42(11-8-24)30-6-3-21-17-23(4-5-26(21)36-30)35-32-34-20-25(33)31(38-32)37-27-19-29-22(9-16-45-29)18-28(27)39-46(2,43)44/h3-6,17-20,24,39H,7-16H2,1-2H3,(H2,34,35,37,38). The van der Waals surface area contributed by atoms with E-state index in [1.165, 1.54) is 25.9 Å². The summed E-state index contributed by atoms with van der Waals surface area (Å²) in [5, 5.41) is 7.56. The first-order valence-electron chi connectivity index (χ1n) is 15.6. The fourth-order valence-electron chi connectivity index (χ4n) is 6.40. The van der Waals surface area contributed by atoms with Gasteiger partial charge in [0.2, 0.25) is 16.0 Å². The summed E-state index contributed by atoms with van der Waals surface area (Å²) in [6, 6.07) is 14.5. The van der Waals surface area contributed by atoms with E-state index in [1.807, 2.05) is 18.2 Å². The second-order valence-corrected chi connectivity index (χ2v) is 14.9. The zero-order chi connectivity index (χ0) is 31.8. The van der Waals surface area contributed by atoms with E-state index in [9.17, 15) is 8.42 Å². The molecule has 3 aliphatic rings. The van der Waals surface area contributed by atoms with Crippen LogP contribution in [0.5, 0.6) is 5.75 Å². The number of anilines is 6. The summed E-state index contributed by atoms with van der Waals surface area (Å²) in [4.78, 5) is 21.6. The number of likely N-dealkylation sites (N-methyl/N-ethyl adjacent to an activating group) is 1. The van der Waals surface area contributed by atoms with E-state index >= 15 is 0 Å². The normalized spacial score (nSPS) is 17.9. The van der Waals surface area contributed by atoms with E-state index < -0.39 is 10.0 Å². The van der Waals surface area contributed by atoms with E-state index in [0.717, 1.165) is 66.8 Å².